The fourth-order valence-corrected chi connectivity index (χ4v) is 6.86. The summed E-state index contributed by atoms with van der Waals surface area (Å²) in [5.74, 6) is 2.53. The molecule has 5 nitrogen and oxygen atoms in total. The van der Waals surface area contributed by atoms with Gasteiger partial charge in [-0.1, -0.05) is 36.4 Å². The summed E-state index contributed by atoms with van der Waals surface area (Å²) in [6.45, 7) is 2.14. The quantitative estimate of drug-likeness (QED) is 0.454. The minimum Gasteiger partial charge on any atom is -0.353 e. The lowest BCUT2D eigenvalue weighted by Gasteiger charge is -2.28. The fraction of sp³-hybridized carbons (Fsp3) is 0.435. The van der Waals surface area contributed by atoms with Crippen molar-refractivity contribution in [2.45, 2.75) is 43.8 Å². The summed E-state index contributed by atoms with van der Waals surface area (Å²) in [6, 6.07) is 11.5. The SMILES string of the molecule is CC(NC(=O)CSc1nc2sccc2c(=O)n1-c1ccccc1)C1CC2CCC1C2. The van der Waals surface area contributed by atoms with Crippen LogP contribution in [0.4, 0.5) is 0 Å². The Balaban J connectivity index is 1.33. The Morgan fingerprint density at radius 3 is 2.83 bits per heavy atom. The Morgan fingerprint density at radius 2 is 2.10 bits per heavy atom. The van der Waals surface area contributed by atoms with Crippen LogP contribution in [0.25, 0.3) is 15.9 Å². The summed E-state index contributed by atoms with van der Waals surface area (Å²) in [4.78, 5) is 31.2. The van der Waals surface area contributed by atoms with Crippen LogP contribution in [0.1, 0.15) is 32.6 Å². The van der Waals surface area contributed by atoms with E-state index in [1.807, 2.05) is 41.8 Å². The summed E-state index contributed by atoms with van der Waals surface area (Å²) in [5, 5.41) is 6.26. The molecule has 0 spiro atoms. The molecular weight excluding hydrogens is 414 g/mol. The zero-order valence-electron chi connectivity index (χ0n) is 16.9. The number of thiophene rings is 1. The molecule has 2 saturated carbocycles. The number of hydrogen-bond acceptors (Lipinski definition) is 5. The van der Waals surface area contributed by atoms with Crippen LogP contribution < -0.4 is 10.9 Å². The van der Waals surface area contributed by atoms with Gasteiger partial charge in [-0.15, -0.1) is 11.3 Å². The maximum Gasteiger partial charge on any atom is 0.267 e. The number of thioether (sulfide) groups is 1. The highest BCUT2D eigenvalue weighted by molar-refractivity contribution is 7.99. The highest BCUT2D eigenvalue weighted by Crippen LogP contribution is 2.49. The van der Waals surface area contributed by atoms with Gasteiger partial charge in [0.2, 0.25) is 5.91 Å². The molecule has 2 fully saturated rings. The summed E-state index contributed by atoms with van der Waals surface area (Å²) < 4.78 is 1.62. The molecule has 2 aromatic heterocycles. The average Bonchev–Trinajstić information content (AvgIpc) is 3.50. The van der Waals surface area contributed by atoms with Gasteiger partial charge in [0.15, 0.2) is 5.16 Å². The van der Waals surface area contributed by atoms with Crippen molar-refractivity contribution in [3.05, 3.63) is 52.1 Å². The van der Waals surface area contributed by atoms with Crippen molar-refractivity contribution in [3.8, 4) is 5.69 Å². The maximum absolute atomic E-state index is 13.1. The number of hydrogen-bond donors (Lipinski definition) is 1. The van der Waals surface area contributed by atoms with E-state index in [1.165, 1.54) is 48.8 Å². The Bertz CT molecular complexity index is 1120. The van der Waals surface area contributed by atoms with Crippen molar-refractivity contribution >= 4 is 39.2 Å². The molecular formula is C23H25N3O2S2. The van der Waals surface area contributed by atoms with Crippen LogP contribution >= 0.6 is 23.1 Å². The van der Waals surface area contributed by atoms with E-state index in [2.05, 4.69) is 12.2 Å². The number of fused-ring (bicyclic) bond motifs is 3. The molecule has 0 saturated heterocycles. The third-order valence-corrected chi connectivity index (χ3v) is 8.38. The second-order valence-corrected chi connectivity index (χ2v) is 10.3. The molecule has 2 aliphatic rings. The number of nitrogens with one attached hydrogen (secondary N) is 1. The molecule has 30 heavy (non-hydrogen) atoms. The van der Waals surface area contributed by atoms with Gasteiger partial charge in [-0.3, -0.25) is 14.2 Å². The first-order valence-electron chi connectivity index (χ1n) is 10.6. The van der Waals surface area contributed by atoms with E-state index in [-0.39, 0.29) is 23.3 Å². The van der Waals surface area contributed by atoms with Crippen LogP contribution in [0, 0.1) is 17.8 Å². The van der Waals surface area contributed by atoms with E-state index >= 15 is 0 Å². The summed E-state index contributed by atoms with van der Waals surface area (Å²) >= 11 is 2.78. The Kier molecular flexibility index (Phi) is 5.41. The van der Waals surface area contributed by atoms with Crippen molar-refractivity contribution < 1.29 is 4.79 Å². The van der Waals surface area contributed by atoms with E-state index in [4.69, 9.17) is 4.98 Å². The van der Waals surface area contributed by atoms with E-state index in [1.54, 1.807) is 4.57 Å². The normalized spacial score (nSPS) is 23.7. The number of benzene rings is 1. The number of carbonyl (C=O) groups is 1. The summed E-state index contributed by atoms with van der Waals surface area (Å²) in [5.41, 5.74) is 0.673. The van der Waals surface area contributed by atoms with Crippen molar-refractivity contribution in [3.63, 3.8) is 0 Å². The van der Waals surface area contributed by atoms with Crippen LogP contribution in [0.5, 0.6) is 0 Å². The lowest BCUT2D eigenvalue weighted by atomic mass is 9.84. The topological polar surface area (TPSA) is 64.0 Å². The zero-order chi connectivity index (χ0) is 20.7. The number of para-hydroxylation sites is 1. The number of amides is 1. The van der Waals surface area contributed by atoms with Crippen LogP contribution in [0.2, 0.25) is 0 Å². The van der Waals surface area contributed by atoms with Gasteiger partial charge in [-0.05, 0) is 67.5 Å². The standard InChI is InChI=1S/C23H25N3O2S2/c1-14(19-12-15-7-8-16(19)11-15)24-20(27)13-30-23-25-21-18(9-10-29-21)22(28)26(23)17-5-3-2-4-6-17/h2-6,9-10,14-16,19H,7-8,11-13H2,1H3,(H,24,27). The lowest BCUT2D eigenvalue weighted by molar-refractivity contribution is -0.119. The first-order chi connectivity index (χ1) is 14.6. The summed E-state index contributed by atoms with van der Waals surface area (Å²) in [7, 11) is 0. The third kappa shape index (κ3) is 3.69. The first-order valence-corrected chi connectivity index (χ1v) is 12.4. The highest BCUT2D eigenvalue weighted by atomic mass is 32.2. The number of nitrogens with zero attached hydrogens (tertiary/aromatic N) is 2. The van der Waals surface area contributed by atoms with Gasteiger partial charge in [0, 0.05) is 6.04 Å². The number of carbonyl (C=O) groups excluding carboxylic acids is 1. The van der Waals surface area contributed by atoms with E-state index < -0.39 is 0 Å². The summed E-state index contributed by atoms with van der Waals surface area (Å²) in [6.07, 6.45) is 5.28. The zero-order valence-corrected chi connectivity index (χ0v) is 18.5. The molecule has 0 aliphatic heterocycles. The second-order valence-electron chi connectivity index (χ2n) is 8.49. The predicted molar refractivity (Wildman–Crippen MR) is 122 cm³/mol. The van der Waals surface area contributed by atoms with Crippen LogP contribution in [-0.2, 0) is 4.79 Å². The number of rotatable bonds is 6. The third-order valence-electron chi connectivity index (χ3n) is 6.64. The van der Waals surface area contributed by atoms with Crippen molar-refractivity contribution in [2.75, 3.05) is 5.75 Å². The van der Waals surface area contributed by atoms with Crippen LogP contribution in [0.3, 0.4) is 0 Å². The molecule has 1 aromatic carbocycles. The van der Waals surface area contributed by atoms with E-state index in [0.717, 1.165) is 17.5 Å². The van der Waals surface area contributed by atoms with Gasteiger partial charge in [-0.25, -0.2) is 4.98 Å². The first kappa shape index (κ1) is 19.8. The van der Waals surface area contributed by atoms with Gasteiger partial charge < -0.3 is 5.32 Å². The largest absolute Gasteiger partial charge is 0.353 e. The van der Waals surface area contributed by atoms with Gasteiger partial charge in [0.25, 0.3) is 5.56 Å². The van der Waals surface area contributed by atoms with Gasteiger partial charge >= 0.3 is 0 Å². The Labute approximate surface area is 183 Å². The molecule has 156 valence electrons. The van der Waals surface area contributed by atoms with Crippen molar-refractivity contribution in [2.24, 2.45) is 17.8 Å². The van der Waals surface area contributed by atoms with Crippen molar-refractivity contribution in [1.82, 2.24) is 14.9 Å². The van der Waals surface area contributed by atoms with Gasteiger partial charge in [0.1, 0.15) is 4.83 Å². The molecule has 4 unspecified atom stereocenters. The van der Waals surface area contributed by atoms with Gasteiger partial charge in [-0.2, -0.15) is 0 Å². The van der Waals surface area contributed by atoms with Crippen LogP contribution in [0.15, 0.2) is 51.7 Å². The second kappa shape index (κ2) is 8.19. The Hall–Kier alpha value is -2.12. The smallest absolute Gasteiger partial charge is 0.267 e. The molecule has 2 bridgehead atoms. The molecule has 0 radical (unpaired) electrons. The highest BCUT2D eigenvalue weighted by Gasteiger charge is 2.42. The van der Waals surface area contributed by atoms with E-state index in [9.17, 15) is 9.59 Å². The molecule has 2 heterocycles. The molecule has 1 amide bonds. The van der Waals surface area contributed by atoms with Gasteiger partial charge in [0.05, 0.1) is 16.8 Å². The van der Waals surface area contributed by atoms with E-state index in [0.29, 0.717) is 21.3 Å². The molecule has 4 atom stereocenters. The average molecular weight is 440 g/mol. The molecule has 3 aromatic rings. The molecule has 7 heteroatoms. The fourth-order valence-electron chi connectivity index (χ4n) is 5.24. The molecule has 2 aliphatic carbocycles. The Morgan fingerprint density at radius 1 is 1.27 bits per heavy atom. The molecule has 5 rings (SSSR count). The number of aromatic nitrogens is 2. The minimum atomic E-state index is -0.0919. The lowest BCUT2D eigenvalue weighted by Crippen LogP contribution is -2.41. The monoisotopic (exact) mass is 439 g/mol. The minimum absolute atomic E-state index is 0.00964. The molecule has 1 N–H and O–H groups in total. The maximum atomic E-state index is 13.1. The van der Waals surface area contributed by atoms with Crippen molar-refractivity contribution in [1.29, 1.82) is 0 Å². The predicted octanol–water partition coefficient (Wildman–Crippen LogP) is 4.48. The van der Waals surface area contributed by atoms with Crippen LogP contribution in [-0.4, -0.2) is 27.3 Å².